The van der Waals surface area contributed by atoms with Crippen LogP contribution in [0, 0.1) is 6.58 Å². The molecule has 0 unspecified atom stereocenters. The molecule has 0 aliphatic carbocycles. The van der Waals surface area contributed by atoms with E-state index in [0.717, 1.165) is 0 Å². The van der Waals surface area contributed by atoms with Crippen LogP contribution in [0.5, 0.6) is 0 Å². The van der Waals surface area contributed by atoms with Crippen molar-refractivity contribution in [3.63, 3.8) is 0 Å². The molecule has 0 rings (SSSR count). The van der Waals surface area contributed by atoms with Gasteiger partial charge in [-0.1, -0.05) is 0 Å². The Morgan fingerprint density at radius 1 is 1.25 bits per heavy atom. The molecule has 0 saturated heterocycles. The van der Waals surface area contributed by atoms with Gasteiger partial charge in [-0.25, -0.2) is 0 Å². The van der Waals surface area contributed by atoms with E-state index in [4.69, 9.17) is 0 Å². The Bertz CT molecular complexity index is 6.00. The summed E-state index contributed by atoms with van der Waals surface area (Å²) in [4.78, 5) is 0. The molecule has 0 aliphatic heterocycles. The molecule has 0 radical (unpaired) electrons. The van der Waals surface area contributed by atoms with Gasteiger partial charge in [0.05, 0.1) is 0 Å². The minimum atomic E-state index is 0. The van der Waals surface area contributed by atoms with Crippen LogP contribution < -0.4 is 18.9 Å². The first-order chi connectivity index (χ1) is 1.00. The van der Waals surface area contributed by atoms with Gasteiger partial charge in [0.15, 0.2) is 0 Å². The van der Waals surface area contributed by atoms with Crippen molar-refractivity contribution in [3.8, 4) is 0 Å². The third kappa shape index (κ3) is 50.9. The molecule has 2 heteroatoms. The molecule has 0 aromatic heterocycles. The predicted molar refractivity (Wildman–Crippen MR) is 12.4 cm³/mol. The second-order valence-corrected chi connectivity index (χ2v) is 0. The SMILES string of the molecule is F.[CH-]=C.[Li+]. The van der Waals surface area contributed by atoms with Gasteiger partial charge in [0, 0.05) is 0 Å². The van der Waals surface area contributed by atoms with Crippen LogP contribution in [0.3, 0.4) is 0 Å². The second-order valence-electron chi connectivity index (χ2n) is 0. The van der Waals surface area contributed by atoms with Crippen molar-refractivity contribution in [2.75, 3.05) is 0 Å². The van der Waals surface area contributed by atoms with Gasteiger partial charge in [-0.15, -0.1) is 0 Å². The largest absolute Gasteiger partial charge is 1.00 e. The summed E-state index contributed by atoms with van der Waals surface area (Å²) in [5.74, 6) is 0. The molecule has 0 aromatic rings. The van der Waals surface area contributed by atoms with E-state index >= 15 is 0 Å². The zero-order chi connectivity index (χ0) is 2.00. The van der Waals surface area contributed by atoms with Crippen LogP contribution in [0.4, 0.5) is 4.70 Å². The third-order valence-electron chi connectivity index (χ3n) is 0. The van der Waals surface area contributed by atoms with Crippen LogP contribution in [0.15, 0.2) is 6.58 Å². The topological polar surface area (TPSA) is 0 Å². The molecule has 0 amide bonds. The van der Waals surface area contributed by atoms with E-state index in [1.807, 2.05) is 0 Å². The predicted octanol–water partition coefficient (Wildman–Crippen LogP) is -2.24. The zero-order valence-electron chi connectivity index (χ0n) is 2.69. The molecule has 0 heterocycles. The first-order valence-corrected chi connectivity index (χ1v) is 0.408. The fourth-order valence-corrected chi connectivity index (χ4v) is 0. The van der Waals surface area contributed by atoms with E-state index < -0.39 is 0 Å². The molecule has 0 fully saturated rings. The van der Waals surface area contributed by atoms with Crippen molar-refractivity contribution in [2.24, 2.45) is 0 Å². The molecule has 0 aliphatic rings. The molecule has 0 aromatic carbocycles. The van der Waals surface area contributed by atoms with Crippen molar-refractivity contribution < 1.29 is 23.6 Å². The summed E-state index contributed by atoms with van der Waals surface area (Å²) < 4.78 is 0. The van der Waals surface area contributed by atoms with Gasteiger partial charge in [0.1, 0.15) is 0 Å². The van der Waals surface area contributed by atoms with E-state index in [0.29, 0.717) is 0 Å². The zero-order valence-corrected chi connectivity index (χ0v) is 2.69. The summed E-state index contributed by atoms with van der Waals surface area (Å²) in [6, 6.07) is 0. The molecule has 0 bridgehead atoms. The summed E-state index contributed by atoms with van der Waals surface area (Å²) in [7, 11) is 0. The number of hydrogen-bond acceptors (Lipinski definition) is 0. The quantitative estimate of drug-likeness (QED) is 0.217. The van der Waals surface area contributed by atoms with Crippen molar-refractivity contribution >= 4 is 0 Å². The van der Waals surface area contributed by atoms with E-state index in [9.17, 15) is 0 Å². The monoisotopic (exact) mass is 54.0 g/mol. The van der Waals surface area contributed by atoms with Crippen molar-refractivity contribution in [1.82, 2.24) is 0 Å². The molecule has 4 heavy (non-hydrogen) atoms. The average molecular weight is 54.0 g/mol. The van der Waals surface area contributed by atoms with Gasteiger partial charge >= 0.3 is 18.9 Å². The van der Waals surface area contributed by atoms with E-state index in [1.54, 1.807) is 0 Å². The minimum Gasteiger partial charge on any atom is -0.521 e. The number of hydrogen-bond donors (Lipinski definition) is 0. The van der Waals surface area contributed by atoms with Crippen molar-refractivity contribution in [1.29, 1.82) is 0 Å². The van der Waals surface area contributed by atoms with Crippen LogP contribution in [0.2, 0.25) is 0 Å². The summed E-state index contributed by atoms with van der Waals surface area (Å²) in [5.41, 5.74) is 0. The van der Waals surface area contributed by atoms with Crippen LogP contribution in [0.1, 0.15) is 0 Å². The maximum absolute atomic E-state index is 4.25. The molecule has 0 nitrogen and oxygen atoms in total. The number of halogens is 1. The van der Waals surface area contributed by atoms with Gasteiger partial charge in [0.25, 0.3) is 0 Å². The van der Waals surface area contributed by atoms with Gasteiger partial charge in [-0.3, -0.25) is 11.3 Å². The molecule has 0 saturated carbocycles. The maximum Gasteiger partial charge on any atom is 1.00 e. The Labute approximate surface area is 37.4 Å². The molecular formula is C2H4FLi. The maximum atomic E-state index is 4.25. The fourth-order valence-electron chi connectivity index (χ4n) is 0. The number of rotatable bonds is 0. The molecule has 0 atom stereocenters. The van der Waals surface area contributed by atoms with Gasteiger partial charge in [-0.2, -0.15) is 0 Å². The van der Waals surface area contributed by atoms with Crippen molar-refractivity contribution in [2.45, 2.75) is 0 Å². The van der Waals surface area contributed by atoms with E-state index in [-0.39, 0.29) is 23.6 Å². The summed E-state index contributed by atoms with van der Waals surface area (Å²) in [6.07, 6.45) is 0. The first-order valence-electron chi connectivity index (χ1n) is 0.408. The van der Waals surface area contributed by atoms with E-state index in [1.165, 1.54) is 0 Å². The van der Waals surface area contributed by atoms with Crippen LogP contribution >= 0.6 is 0 Å². The average Bonchev–Trinajstić information content (AvgIpc) is 1.00. The summed E-state index contributed by atoms with van der Waals surface area (Å²) in [5, 5.41) is 0. The molecule has 0 spiro atoms. The van der Waals surface area contributed by atoms with Crippen LogP contribution in [0.25, 0.3) is 0 Å². The Morgan fingerprint density at radius 2 is 1.25 bits per heavy atom. The standard InChI is InChI=1S/C2H3.FH.Li/c1-2;;/h1H,2H2;1H;/q-1;;+1. The molecular weight excluding hydrogens is 50.0 g/mol. The second kappa shape index (κ2) is 235. The van der Waals surface area contributed by atoms with Gasteiger partial charge < -0.3 is 6.58 Å². The Hall–Kier alpha value is 0.267. The van der Waals surface area contributed by atoms with Crippen LogP contribution in [-0.4, -0.2) is 0 Å². The molecule has 20 valence electrons. The Kier molecular flexibility index (Phi) is 1670. The molecule has 0 N–H and O–H groups in total. The summed E-state index contributed by atoms with van der Waals surface area (Å²) >= 11 is 0. The van der Waals surface area contributed by atoms with Crippen LogP contribution in [-0.2, 0) is 0 Å². The third-order valence-corrected chi connectivity index (χ3v) is 0. The van der Waals surface area contributed by atoms with Gasteiger partial charge in [0.2, 0.25) is 0 Å². The first kappa shape index (κ1) is 28.4. The van der Waals surface area contributed by atoms with Gasteiger partial charge in [-0.05, 0) is 0 Å². The minimum absolute atomic E-state index is 0. The normalized spacial score (nSPS) is 1.00. The smallest absolute Gasteiger partial charge is 0.521 e. The Balaban J connectivity index is -0.00000000500. The Morgan fingerprint density at radius 3 is 1.25 bits per heavy atom. The fraction of sp³-hybridized carbons (Fsp3) is 0. The summed E-state index contributed by atoms with van der Waals surface area (Å²) in [6.45, 7) is 7.00. The van der Waals surface area contributed by atoms with E-state index in [2.05, 4.69) is 13.2 Å². The van der Waals surface area contributed by atoms with Crippen molar-refractivity contribution in [3.05, 3.63) is 13.2 Å².